The molecule has 198 valence electrons. The van der Waals surface area contributed by atoms with Crippen molar-refractivity contribution in [2.75, 3.05) is 26.7 Å². The number of aromatic amines is 1. The molecule has 2 aromatic carbocycles. The van der Waals surface area contributed by atoms with Gasteiger partial charge < -0.3 is 15.0 Å². The van der Waals surface area contributed by atoms with Gasteiger partial charge in [-0.3, -0.25) is 19.7 Å². The van der Waals surface area contributed by atoms with Crippen LogP contribution in [0.1, 0.15) is 36.5 Å². The van der Waals surface area contributed by atoms with Gasteiger partial charge in [0.05, 0.1) is 24.5 Å². The second-order valence-corrected chi connectivity index (χ2v) is 10.3. The molecule has 1 saturated heterocycles. The number of rotatable bonds is 7. The first-order chi connectivity index (χ1) is 19.1. The molecule has 4 heterocycles. The summed E-state index contributed by atoms with van der Waals surface area (Å²) < 4.78 is 5.81. The van der Waals surface area contributed by atoms with Crippen LogP contribution in [0.5, 0.6) is 5.75 Å². The SMILES string of the molecule is COc1ccc2[nH]c3cnc(-c4cccnc4)cc3c2c1-c1ccc(C(=O)NCCN2CCCCC2C)cc1. The third kappa shape index (κ3) is 4.98. The molecular formula is C32H33N5O2. The number of pyridine rings is 2. The number of carbonyl (C=O) groups excluding carboxylic acids is 1. The summed E-state index contributed by atoms with van der Waals surface area (Å²) in [6.45, 7) is 4.94. The summed E-state index contributed by atoms with van der Waals surface area (Å²) in [6.07, 6.45) is 9.23. The predicted octanol–water partition coefficient (Wildman–Crippen LogP) is 6.06. The Morgan fingerprint density at radius 3 is 2.72 bits per heavy atom. The van der Waals surface area contributed by atoms with E-state index in [9.17, 15) is 4.79 Å². The van der Waals surface area contributed by atoms with Crippen molar-refractivity contribution in [3.8, 4) is 28.1 Å². The van der Waals surface area contributed by atoms with Gasteiger partial charge in [0.1, 0.15) is 5.75 Å². The van der Waals surface area contributed by atoms with Gasteiger partial charge in [0, 0.05) is 64.5 Å². The van der Waals surface area contributed by atoms with Crippen molar-refractivity contribution >= 4 is 27.7 Å². The van der Waals surface area contributed by atoms with Crippen LogP contribution in [0.15, 0.2) is 73.2 Å². The average molecular weight is 520 g/mol. The van der Waals surface area contributed by atoms with Crippen LogP contribution in [-0.2, 0) is 0 Å². The van der Waals surface area contributed by atoms with Crippen molar-refractivity contribution in [2.45, 2.75) is 32.2 Å². The first-order valence-corrected chi connectivity index (χ1v) is 13.6. The molecule has 1 aliphatic heterocycles. The van der Waals surface area contributed by atoms with Gasteiger partial charge in [-0.05, 0) is 74.3 Å². The second-order valence-electron chi connectivity index (χ2n) is 10.3. The number of carbonyl (C=O) groups is 1. The van der Waals surface area contributed by atoms with E-state index in [0.717, 1.165) is 63.0 Å². The molecule has 1 aliphatic rings. The van der Waals surface area contributed by atoms with E-state index >= 15 is 0 Å². The van der Waals surface area contributed by atoms with Crippen LogP contribution >= 0.6 is 0 Å². The van der Waals surface area contributed by atoms with Crippen molar-refractivity contribution in [3.63, 3.8) is 0 Å². The summed E-state index contributed by atoms with van der Waals surface area (Å²) in [5.41, 5.74) is 6.39. The third-order valence-electron chi connectivity index (χ3n) is 7.85. The second kappa shape index (κ2) is 10.9. The quantitative estimate of drug-likeness (QED) is 0.273. The number of hydrogen-bond donors (Lipinski definition) is 2. The average Bonchev–Trinajstić information content (AvgIpc) is 3.36. The molecule has 0 saturated carbocycles. The number of amides is 1. The third-order valence-corrected chi connectivity index (χ3v) is 7.85. The van der Waals surface area contributed by atoms with E-state index in [4.69, 9.17) is 4.74 Å². The van der Waals surface area contributed by atoms with Crippen LogP contribution in [0.25, 0.3) is 44.2 Å². The fourth-order valence-electron chi connectivity index (χ4n) is 5.70. The van der Waals surface area contributed by atoms with E-state index in [1.807, 2.05) is 60.9 Å². The minimum absolute atomic E-state index is 0.0457. The van der Waals surface area contributed by atoms with Gasteiger partial charge >= 0.3 is 0 Å². The van der Waals surface area contributed by atoms with Crippen LogP contribution < -0.4 is 10.1 Å². The summed E-state index contributed by atoms with van der Waals surface area (Å²) in [7, 11) is 1.69. The van der Waals surface area contributed by atoms with E-state index in [-0.39, 0.29) is 5.91 Å². The molecule has 1 amide bonds. The van der Waals surface area contributed by atoms with Crippen molar-refractivity contribution in [1.29, 1.82) is 0 Å². The summed E-state index contributed by atoms with van der Waals surface area (Å²) in [6, 6.07) is 18.4. The van der Waals surface area contributed by atoms with Crippen molar-refractivity contribution < 1.29 is 9.53 Å². The summed E-state index contributed by atoms with van der Waals surface area (Å²) in [4.78, 5) is 27.8. The van der Waals surface area contributed by atoms with Crippen LogP contribution in [0, 0.1) is 0 Å². The normalized spacial score (nSPS) is 16.0. The van der Waals surface area contributed by atoms with Gasteiger partial charge in [0.25, 0.3) is 5.91 Å². The number of fused-ring (bicyclic) bond motifs is 3. The Hall–Kier alpha value is -4.23. The molecule has 1 unspecified atom stereocenters. The van der Waals surface area contributed by atoms with Crippen LogP contribution in [-0.4, -0.2) is 58.5 Å². The highest BCUT2D eigenvalue weighted by molar-refractivity contribution is 6.16. The number of hydrogen-bond acceptors (Lipinski definition) is 5. The van der Waals surface area contributed by atoms with Crippen molar-refractivity contribution in [1.82, 2.24) is 25.2 Å². The lowest BCUT2D eigenvalue weighted by molar-refractivity contribution is 0.0938. The van der Waals surface area contributed by atoms with Gasteiger partial charge in [-0.1, -0.05) is 18.6 Å². The largest absolute Gasteiger partial charge is 0.496 e. The highest BCUT2D eigenvalue weighted by Crippen LogP contribution is 2.41. The van der Waals surface area contributed by atoms with Gasteiger partial charge in [0.15, 0.2) is 0 Å². The first kappa shape index (κ1) is 25.1. The number of nitrogens with one attached hydrogen (secondary N) is 2. The van der Waals surface area contributed by atoms with E-state index in [1.165, 1.54) is 19.3 Å². The molecule has 0 radical (unpaired) electrons. The molecule has 0 aliphatic carbocycles. The Balaban J connectivity index is 1.30. The smallest absolute Gasteiger partial charge is 0.251 e. The zero-order valence-corrected chi connectivity index (χ0v) is 22.4. The number of piperidine rings is 1. The summed E-state index contributed by atoms with van der Waals surface area (Å²) in [5, 5.41) is 5.21. The number of ether oxygens (including phenoxy) is 1. The zero-order valence-electron chi connectivity index (χ0n) is 22.4. The highest BCUT2D eigenvalue weighted by atomic mass is 16.5. The van der Waals surface area contributed by atoms with Crippen LogP contribution in [0.3, 0.4) is 0 Å². The molecule has 2 N–H and O–H groups in total. The Morgan fingerprint density at radius 2 is 1.95 bits per heavy atom. The van der Waals surface area contributed by atoms with Gasteiger partial charge in [-0.25, -0.2) is 0 Å². The minimum Gasteiger partial charge on any atom is -0.496 e. The maximum Gasteiger partial charge on any atom is 0.251 e. The monoisotopic (exact) mass is 519 g/mol. The molecule has 5 aromatic rings. The number of nitrogens with zero attached hydrogens (tertiary/aromatic N) is 3. The van der Waals surface area contributed by atoms with Crippen molar-refractivity contribution in [2.24, 2.45) is 0 Å². The first-order valence-electron chi connectivity index (χ1n) is 13.6. The lowest BCUT2D eigenvalue weighted by Gasteiger charge is -2.33. The van der Waals surface area contributed by atoms with Crippen LogP contribution in [0.4, 0.5) is 0 Å². The molecular weight excluding hydrogens is 486 g/mol. The van der Waals surface area contributed by atoms with E-state index in [0.29, 0.717) is 18.2 Å². The molecule has 7 nitrogen and oxygen atoms in total. The fourth-order valence-corrected chi connectivity index (χ4v) is 5.70. The number of likely N-dealkylation sites (tertiary alicyclic amines) is 1. The van der Waals surface area contributed by atoms with Gasteiger partial charge in [0.2, 0.25) is 0 Å². The highest BCUT2D eigenvalue weighted by Gasteiger charge is 2.19. The molecule has 6 rings (SSSR count). The Kier molecular flexibility index (Phi) is 6.99. The van der Waals surface area contributed by atoms with Gasteiger partial charge in [-0.2, -0.15) is 0 Å². The van der Waals surface area contributed by atoms with Crippen LogP contribution in [0.2, 0.25) is 0 Å². The molecule has 39 heavy (non-hydrogen) atoms. The molecule has 1 atom stereocenters. The molecule has 3 aromatic heterocycles. The number of methoxy groups -OCH3 is 1. The summed E-state index contributed by atoms with van der Waals surface area (Å²) in [5.74, 6) is 0.728. The number of H-pyrrole nitrogens is 1. The lowest BCUT2D eigenvalue weighted by atomic mass is 9.97. The van der Waals surface area contributed by atoms with E-state index < -0.39 is 0 Å². The number of benzene rings is 2. The topological polar surface area (TPSA) is 83.1 Å². The fraction of sp³-hybridized carbons (Fsp3) is 0.281. The lowest BCUT2D eigenvalue weighted by Crippen LogP contribution is -2.42. The maximum atomic E-state index is 12.9. The Bertz CT molecular complexity index is 1610. The van der Waals surface area contributed by atoms with E-state index in [1.54, 1.807) is 13.3 Å². The molecule has 0 spiro atoms. The van der Waals surface area contributed by atoms with Crippen molar-refractivity contribution in [3.05, 3.63) is 78.8 Å². The summed E-state index contributed by atoms with van der Waals surface area (Å²) >= 11 is 0. The Labute approximate surface area is 228 Å². The maximum absolute atomic E-state index is 12.9. The predicted molar refractivity (Wildman–Crippen MR) is 156 cm³/mol. The van der Waals surface area contributed by atoms with Gasteiger partial charge in [-0.15, -0.1) is 0 Å². The zero-order chi connectivity index (χ0) is 26.8. The molecule has 7 heteroatoms. The Morgan fingerprint density at radius 1 is 1.08 bits per heavy atom. The number of aromatic nitrogens is 3. The standard InChI is InChI=1S/C32H33N5O2/c1-21-6-3-4-16-37(21)17-15-34-32(38)23-10-8-22(9-11-23)30-29(39-2)13-12-26-31(30)25-18-27(35-20-28(25)36-26)24-7-5-14-33-19-24/h5,7-14,18-21,36H,3-4,6,15-17H2,1-2H3,(H,34,38). The molecule has 1 fully saturated rings. The molecule has 0 bridgehead atoms. The van der Waals surface area contributed by atoms with E-state index in [2.05, 4.69) is 38.2 Å². The minimum atomic E-state index is -0.0457.